The van der Waals surface area contributed by atoms with Crippen LogP contribution in [0.25, 0.3) is 0 Å². The van der Waals surface area contributed by atoms with E-state index in [0.717, 1.165) is 0 Å². The molecule has 4 rings (SSSR count). The molecule has 180 valence electrons. The van der Waals surface area contributed by atoms with Crippen LogP contribution in [0.1, 0.15) is 55.9 Å². The van der Waals surface area contributed by atoms with Crippen molar-refractivity contribution in [3.05, 3.63) is 11.8 Å². The third-order valence-corrected chi connectivity index (χ3v) is 5.82. The molecule has 2 unspecified atom stereocenters. The lowest BCUT2D eigenvalue weighted by atomic mass is 9.82. The summed E-state index contributed by atoms with van der Waals surface area (Å²) in [4.78, 5) is 12.2. The number of rotatable bonds is 7. The molecule has 0 spiro atoms. The number of nitrogens with zero attached hydrogens (tertiary/aromatic N) is 2. The van der Waals surface area contributed by atoms with Crippen LogP contribution < -0.4 is 5.32 Å². The molecule has 1 aromatic heterocycles. The molecule has 0 aromatic carbocycles. The Kier molecular flexibility index (Phi) is 6.38. The number of carbonyl (C=O) groups is 1. The first-order valence-electron chi connectivity index (χ1n) is 10.2. The molecule has 0 bridgehead atoms. The van der Waals surface area contributed by atoms with Gasteiger partial charge in [0.05, 0.1) is 25.4 Å². The van der Waals surface area contributed by atoms with E-state index in [9.17, 15) is 31.1 Å². The van der Waals surface area contributed by atoms with Crippen molar-refractivity contribution >= 4 is 5.91 Å². The third-order valence-electron chi connectivity index (χ3n) is 5.82. The minimum absolute atomic E-state index is 0.136. The van der Waals surface area contributed by atoms with E-state index >= 15 is 0 Å². The molecule has 14 heteroatoms. The summed E-state index contributed by atoms with van der Waals surface area (Å²) in [5.74, 6) is -1.11. The second-order valence-electron chi connectivity index (χ2n) is 8.30. The molecular weight excluding hydrogens is 452 g/mol. The Bertz CT molecular complexity index is 802. The van der Waals surface area contributed by atoms with Crippen molar-refractivity contribution < 1.29 is 49.8 Å². The average molecular weight is 473 g/mol. The first-order chi connectivity index (χ1) is 15.0. The number of carbonyl (C=O) groups excluding carboxylic acids is 1. The van der Waals surface area contributed by atoms with Crippen LogP contribution in [0, 0.1) is 11.8 Å². The fourth-order valence-electron chi connectivity index (χ4n) is 3.92. The van der Waals surface area contributed by atoms with Crippen LogP contribution in [0.3, 0.4) is 0 Å². The van der Waals surface area contributed by atoms with Gasteiger partial charge in [0.25, 0.3) is 0 Å². The molecule has 1 saturated heterocycles. The van der Waals surface area contributed by atoms with Gasteiger partial charge in [-0.2, -0.15) is 0 Å². The first kappa shape index (κ1) is 23.2. The Morgan fingerprint density at radius 2 is 1.75 bits per heavy atom. The Morgan fingerprint density at radius 1 is 1.03 bits per heavy atom. The monoisotopic (exact) mass is 473 g/mol. The lowest BCUT2D eigenvalue weighted by Gasteiger charge is -2.33. The second kappa shape index (κ2) is 8.78. The number of amides is 1. The Morgan fingerprint density at radius 3 is 2.38 bits per heavy atom. The van der Waals surface area contributed by atoms with Gasteiger partial charge in [0.15, 0.2) is 0 Å². The van der Waals surface area contributed by atoms with Gasteiger partial charge in [-0.05, 0) is 38.0 Å². The third kappa shape index (κ3) is 6.10. The molecule has 1 amide bonds. The standard InChI is InChI=1S/C18H21F6N3O5/c19-17(20,21)30-6-9-5-12(9)14(28)25-10-1-2-13(29-7-10)16-27-26-15(31-16)8-3-11(4-8)32-18(22,23)24/h8-13H,1-7H2,(H,25,28)/t8?,9?,10-,11?,12?,13+/m0/s1. The van der Waals surface area contributed by atoms with Crippen molar-refractivity contribution in [1.29, 1.82) is 0 Å². The number of halogens is 6. The SMILES string of the molecule is O=C(N[C@H]1CC[C@H](c2nnc(C3CC(OC(F)(F)F)C3)o2)OC1)C1CC1COC(F)(F)F. The van der Waals surface area contributed by atoms with Gasteiger partial charge < -0.3 is 14.5 Å². The van der Waals surface area contributed by atoms with Crippen molar-refractivity contribution in [3.8, 4) is 0 Å². The highest BCUT2D eigenvalue weighted by molar-refractivity contribution is 5.81. The van der Waals surface area contributed by atoms with Crippen LogP contribution in [0.4, 0.5) is 26.3 Å². The van der Waals surface area contributed by atoms with Crippen LogP contribution in [-0.4, -0.2) is 54.2 Å². The second-order valence-corrected chi connectivity index (χ2v) is 8.30. The number of nitrogens with one attached hydrogen (secondary N) is 1. The van der Waals surface area contributed by atoms with Crippen molar-refractivity contribution in [2.75, 3.05) is 13.2 Å². The molecule has 1 N–H and O–H groups in total. The molecule has 3 aliphatic rings. The summed E-state index contributed by atoms with van der Waals surface area (Å²) in [6, 6.07) is -0.294. The molecule has 2 saturated carbocycles. The van der Waals surface area contributed by atoms with E-state index in [2.05, 4.69) is 25.0 Å². The summed E-state index contributed by atoms with van der Waals surface area (Å²) < 4.78 is 91.7. The number of aromatic nitrogens is 2. The number of hydrogen-bond acceptors (Lipinski definition) is 7. The number of ether oxygens (including phenoxy) is 3. The highest BCUT2D eigenvalue weighted by Crippen LogP contribution is 2.42. The number of hydrogen-bond donors (Lipinski definition) is 1. The van der Waals surface area contributed by atoms with Crippen molar-refractivity contribution in [2.45, 2.75) is 69.0 Å². The van der Waals surface area contributed by atoms with Gasteiger partial charge in [0, 0.05) is 11.8 Å². The van der Waals surface area contributed by atoms with Crippen molar-refractivity contribution in [3.63, 3.8) is 0 Å². The maximum atomic E-state index is 12.2. The maximum absolute atomic E-state index is 12.2. The van der Waals surface area contributed by atoms with Gasteiger partial charge in [0.2, 0.25) is 17.7 Å². The molecule has 8 nitrogen and oxygen atoms in total. The first-order valence-corrected chi connectivity index (χ1v) is 10.2. The van der Waals surface area contributed by atoms with E-state index in [4.69, 9.17) is 9.15 Å². The van der Waals surface area contributed by atoms with Gasteiger partial charge >= 0.3 is 12.7 Å². The zero-order valence-electron chi connectivity index (χ0n) is 16.6. The lowest BCUT2D eigenvalue weighted by Crippen LogP contribution is -2.42. The summed E-state index contributed by atoms with van der Waals surface area (Å²) in [6.45, 7) is -0.371. The van der Waals surface area contributed by atoms with Crippen LogP contribution >= 0.6 is 0 Å². The molecule has 1 aliphatic heterocycles. The smallest absolute Gasteiger partial charge is 0.422 e. The van der Waals surface area contributed by atoms with E-state index in [1.807, 2.05) is 0 Å². The zero-order valence-corrected chi connectivity index (χ0v) is 16.6. The summed E-state index contributed by atoms with van der Waals surface area (Å²) in [5, 5.41) is 10.6. The molecule has 1 aromatic rings. The number of alkyl halides is 6. The van der Waals surface area contributed by atoms with Crippen molar-refractivity contribution in [1.82, 2.24) is 15.5 Å². The molecule has 2 heterocycles. The van der Waals surface area contributed by atoms with E-state index in [0.29, 0.717) is 19.3 Å². The van der Waals surface area contributed by atoms with Gasteiger partial charge in [-0.25, -0.2) is 0 Å². The summed E-state index contributed by atoms with van der Waals surface area (Å²) >= 11 is 0. The van der Waals surface area contributed by atoms with Gasteiger partial charge in [-0.15, -0.1) is 36.5 Å². The topological polar surface area (TPSA) is 95.7 Å². The highest BCUT2D eigenvalue weighted by Gasteiger charge is 2.46. The zero-order chi connectivity index (χ0) is 23.1. The minimum Gasteiger partial charge on any atom is -0.422 e. The van der Waals surface area contributed by atoms with Crippen LogP contribution in [0.2, 0.25) is 0 Å². The van der Waals surface area contributed by atoms with Crippen LogP contribution in [0.5, 0.6) is 0 Å². The fourth-order valence-corrected chi connectivity index (χ4v) is 3.92. The molecule has 0 radical (unpaired) electrons. The Hall–Kier alpha value is -1.93. The molecule has 2 aliphatic carbocycles. The molecule has 3 fully saturated rings. The molecular formula is C18H21F6N3O5. The van der Waals surface area contributed by atoms with Gasteiger partial charge in [-0.1, -0.05) is 0 Å². The van der Waals surface area contributed by atoms with Gasteiger partial charge in [0.1, 0.15) is 6.10 Å². The largest absolute Gasteiger partial charge is 0.522 e. The van der Waals surface area contributed by atoms with E-state index in [1.54, 1.807) is 0 Å². The quantitative estimate of drug-likeness (QED) is 0.607. The molecule has 4 atom stereocenters. The minimum atomic E-state index is -4.71. The van der Waals surface area contributed by atoms with E-state index in [1.165, 1.54) is 0 Å². The molecule has 32 heavy (non-hydrogen) atoms. The van der Waals surface area contributed by atoms with E-state index < -0.39 is 43.4 Å². The lowest BCUT2D eigenvalue weighted by molar-refractivity contribution is -0.352. The summed E-state index contributed by atoms with van der Waals surface area (Å²) in [6.07, 6.45) is -9.18. The Labute approximate surface area is 178 Å². The predicted molar refractivity (Wildman–Crippen MR) is 90.7 cm³/mol. The summed E-state index contributed by atoms with van der Waals surface area (Å²) in [7, 11) is 0. The van der Waals surface area contributed by atoms with Gasteiger partial charge in [-0.3, -0.25) is 14.3 Å². The Balaban J connectivity index is 1.16. The summed E-state index contributed by atoms with van der Waals surface area (Å²) in [5.41, 5.74) is 0. The van der Waals surface area contributed by atoms with E-state index in [-0.39, 0.29) is 49.1 Å². The maximum Gasteiger partial charge on any atom is 0.522 e. The average Bonchev–Trinajstić information content (AvgIpc) is 3.29. The fraction of sp³-hybridized carbons (Fsp3) is 0.833. The van der Waals surface area contributed by atoms with Crippen molar-refractivity contribution in [2.24, 2.45) is 11.8 Å². The van der Waals surface area contributed by atoms with Crippen LogP contribution in [-0.2, 0) is 19.0 Å². The normalized spacial score (nSPS) is 32.9. The highest BCUT2D eigenvalue weighted by atomic mass is 19.4. The predicted octanol–water partition coefficient (Wildman–Crippen LogP) is 3.36. The van der Waals surface area contributed by atoms with Crippen LogP contribution in [0.15, 0.2) is 4.42 Å².